The molecule has 1 atom stereocenters. The van der Waals surface area contributed by atoms with Crippen LogP contribution in [0.2, 0.25) is 0 Å². The average Bonchev–Trinajstić information content (AvgIpc) is 3.21. The van der Waals surface area contributed by atoms with E-state index in [0.29, 0.717) is 0 Å². The monoisotopic (exact) mass is 367 g/mol. The lowest BCUT2D eigenvalue weighted by Crippen LogP contribution is -2.50. The van der Waals surface area contributed by atoms with Crippen LogP contribution < -0.4 is 10.1 Å². The summed E-state index contributed by atoms with van der Waals surface area (Å²) in [4.78, 5) is 13.5. The number of carbonyl (C=O) groups excluding carboxylic acids is 1. The number of hydrogen-bond acceptors (Lipinski definition) is 4. The molecule has 0 aromatic heterocycles. The molecule has 27 heavy (non-hydrogen) atoms. The molecule has 4 heteroatoms. The highest BCUT2D eigenvalue weighted by Gasteiger charge is 2.49. The van der Waals surface area contributed by atoms with Crippen molar-refractivity contribution in [2.24, 2.45) is 5.92 Å². The Hall–Kier alpha value is -2.49. The number of nitrogens with one attached hydrogen (secondary N) is 1. The van der Waals surface area contributed by atoms with Crippen molar-refractivity contribution < 1.29 is 14.3 Å². The molecule has 0 saturated heterocycles. The van der Waals surface area contributed by atoms with Gasteiger partial charge >= 0.3 is 5.97 Å². The minimum absolute atomic E-state index is 0.167. The summed E-state index contributed by atoms with van der Waals surface area (Å²) in [6.45, 7) is 3.80. The van der Waals surface area contributed by atoms with E-state index < -0.39 is 5.54 Å². The Bertz CT molecular complexity index is 736. The van der Waals surface area contributed by atoms with Crippen LogP contribution in [-0.4, -0.2) is 19.2 Å². The molecule has 2 aromatic rings. The van der Waals surface area contributed by atoms with Crippen molar-refractivity contribution in [3.8, 4) is 5.75 Å². The predicted octanol–water partition coefficient (Wildman–Crippen LogP) is 5.14. The fourth-order valence-electron chi connectivity index (χ4n) is 4.01. The van der Waals surface area contributed by atoms with E-state index in [9.17, 15) is 4.79 Å². The zero-order valence-electron chi connectivity index (χ0n) is 16.4. The van der Waals surface area contributed by atoms with Crippen LogP contribution >= 0.6 is 0 Å². The van der Waals surface area contributed by atoms with Crippen molar-refractivity contribution in [1.82, 2.24) is 0 Å². The number of methoxy groups -OCH3 is 1. The van der Waals surface area contributed by atoms with E-state index in [0.717, 1.165) is 42.7 Å². The molecule has 0 heterocycles. The van der Waals surface area contributed by atoms with Crippen molar-refractivity contribution in [3.05, 3.63) is 60.2 Å². The van der Waals surface area contributed by atoms with E-state index in [4.69, 9.17) is 9.47 Å². The van der Waals surface area contributed by atoms with Gasteiger partial charge in [-0.15, -0.1) is 0 Å². The molecule has 1 saturated carbocycles. The topological polar surface area (TPSA) is 47.6 Å². The maximum atomic E-state index is 13.5. The maximum absolute atomic E-state index is 13.5. The lowest BCUT2D eigenvalue weighted by Gasteiger charge is -2.39. The molecule has 0 unspecified atom stereocenters. The van der Waals surface area contributed by atoms with E-state index in [2.05, 4.69) is 5.32 Å². The fraction of sp³-hybridized carbons (Fsp3) is 0.435. The molecule has 4 nitrogen and oxygen atoms in total. The van der Waals surface area contributed by atoms with E-state index in [1.165, 1.54) is 0 Å². The van der Waals surface area contributed by atoms with Crippen molar-refractivity contribution in [3.63, 3.8) is 0 Å². The van der Waals surface area contributed by atoms with Gasteiger partial charge in [0.25, 0.3) is 0 Å². The maximum Gasteiger partial charge on any atom is 0.337 e. The van der Waals surface area contributed by atoms with Gasteiger partial charge in [0.1, 0.15) is 5.75 Å². The first-order chi connectivity index (χ1) is 13.1. The van der Waals surface area contributed by atoms with Crippen LogP contribution in [0.3, 0.4) is 0 Å². The van der Waals surface area contributed by atoms with Crippen LogP contribution in [0, 0.1) is 5.92 Å². The van der Waals surface area contributed by atoms with Gasteiger partial charge in [-0.1, -0.05) is 43.2 Å². The molecule has 1 aliphatic rings. The Morgan fingerprint density at radius 3 is 2.22 bits per heavy atom. The number of rotatable bonds is 7. The first-order valence-electron chi connectivity index (χ1n) is 9.75. The quantitative estimate of drug-likeness (QED) is 0.688. The van der Waals surface area contributed by atoms with Crippen molar-refractivity contribution in [1.29, 1.82) is 0 Å². The van der Waals surface area contributed by atoms with Crippen LogP contribution in [0.25, 0.3) is 0 Å². The minimum atomic E-state index is -0.892. The highest BCUT2D eigenvalue weighted by molar-refractivity contribution is 5.87. The second-order valence-corrected chi connectivity index (χ2v) is 7.46. The van der Waals surface area contributed by atoms with Gasteiger partial charge in [0.2, 0.25) is 0 Å². The molecular formula is C23H29NO3. The first-order valence-corrected chi connectivity index (χ1v) is 9.75. The Kier molecular flexibility index (Phi) is 6.04. The summed E-state index contributed by atoms with van der Waals surface area (Å²) in [6.07, 6.45) is 4.12. The highest BCUT2D eigenvalue weighted by atomic mass is 16.5. The third-order valence-corrected chi connectivity index (χ3v) is 5.29. The van der Waals surface area contributed by atoms with Crippen LogP contribution in [0.4, 0.5) is 5.69 Å². The molecule has 1 aliphatic carbocycles. The predicted molar refractivity (Wildman–Crippen MR) is 108 cm³/mol. The summed E-state index contributed by atoms with van der Waals surface area (Å²) in [5, 5.41) is 3.58. The van der Waals surface area contributed by atoms with Gasteiger partial charge in [-0.05, 0) is 62.4 Å². The lowest BCUT2D eigenvalue weighted by atomic mass is 9.76. The van der Waals surface area contributed by atoms with Gasteiger partial charge in [-0.3, -0.25) is 0 Å². The van der Waals surface area contributed by atoms with Gasteiger partial charge in [-0.25, -0.2) is 4.79 Å². The summed E-state index contributed by atoms with van der Waals surface area (Å²) >= 11 is 0. The SMILES string of the molecule is COc1ccc(N[C@](C(=O)OC(C)C)(c2ccccc2)C2CCCC2)cc1. The van der Waals surface area contributed by atoms with Crippen molar-refractivity contribution in [2.45, 2.75) is 51.2 Å². The number of hydrogen-bond donors (Lipinski definition) is 1. The third kappa shape index (κ3) is 4.10. The van der Waals surface area contributed by atoms with E-state index >= 15 is 0 Å². The normalized spacial score (nSPS) is 16.7. The number of ether oxygens (including phenoxy) is 2. The molecule has 0 bridgehead atoms. The molecule has 2 aromatic carbocycles. The van der Waals surface area contributed by atoms with Gasteiger partial charge in [0.05, 0.1) is 13.2 Å². The Morgan fingerprint density at radius 2 is 1.67 bits per heavy atom. The summed E-state index contributed by atoms with van der Waals surface area (Å²) in [5.74, 6) is 0.774. The minimum Gasteiger partial charge on any atom is -0.497 e. The largest absolute Gasteiger partial charge is 0.497 e. The number of esters is 1. The molecule has 0 spiro atoms. The number of benzene rings is 2. The van der Waals surface area contributed by atoms with Gasteiger partial charge < -0.3 is 14.8 Å². The van der Waals surface area contributed by atoms with Crippen molar-refractivity contribution >= 4 is 11.7 Å². The Balaban J connectivity index is 2.07. The van der Waals surface area contributed by atoms with E-state index in [1.54, 1.807) is 7.11 Å². The summed E-state index contributed by atoms with van der Waals surface area (Å²) < 4.78 is 11.0. The molecule has 3 rings (SSSR count). The second-order valence-electron chi connectivity index (χ2n) is 7.46. The molecule has 0 radical (unpaired) electrons. The third-order valence-electron chi connectivity index (χ3n) is 5.29. The molecule has 1 fully saturated rings. The molecule has 1 N–H and O–H groups in total. The Morgan fingerprint density at radius 1 is 1.04 bits per heavy atom. The summed E-state index contributed by atoms with van der Waals surface area (Å²) in [6, 6.07) is 17.7. The fourth-order valence-corrected chi connectivity index (χ4v) is 4.01. The van der Waals surface area contributed by atoms with Crippen LogP contribution in [0.5, 0.6) is 5.75 Å². The molecule has 0 amide bonds. The van der Waals surface area contributed by atoms with Gasteiger partial charge in [-0.2, -0.15) is 0 Å². The van der Waals surface area contributed by atoms with Crippen LogP contribution in [-0.2, 0) is 15.1 Å². The van der Waals surface area contributed by atoms with E-state index in [1.807, 2.05) is 68.4 Å². The smallest absolute Gasteiger partial charge is 0.337 e. The average molecular weight is 367 g/mol. The highest BCUT2D eigenvalue weighted by Crippen LogP contribution is 2.44. The Labute approximate surface area is 161 Å². The molecule has 144 valence electrons. The first kappa shape index (κ1) is 19.3. The van der Waals surface area contributed by atoms with Crippen molar-refractivity contribution in [2.75, 3.05) is 12.4 Å². The van der Waals surface area contributed by atoms with Crippen LogP contribution in [0.15, 0.2) is 54.6 Å². The van der Waals surface area contributed by atoms with E-state index in [-0.39, 0.29) is 18.0 Å². The standard InChI is InChI=1S/C23H29NO3/c1-17(2)27-22(25)23(19-11-7-8-12-19,18-9-5-4-6-10-18)24-20-13-15-21(26-3)16-14-20/h4-6,9-10,13-17,19,24H,7-8,11-12H2,1-3H3/t23-/m1/s1. The second kappa shape index (κ2) is 8.47. The van der Waals surface area contributed by atoms with Gasteiger partial charge in [0.15, 0.2) is 5.54 Å². The lowest BCUT2D eigenvalue weighted by molar-refractivity contribution is -0.155. The zero-order valence-corrected chi connectivity index (χ0v) is 16.4. The summed E-state index contributed by atoms with van der Waals surface area (Å²) in [7, 11) is 1.65. The van der Waals surface area contributed by atoms with Gasteiger partial charge in [0, 0.05) is 5.69 Å². The zero-order chi connectivity index (χ0) is 19.3. The molecular weight excluding hydrogens is 338 g/mol. The summed E-state index contributed by atoms with van der Waals surface area (Å²) in [5.41, 5.74) is 0.946. The number of carbonyl (C=O) groups is 1. The number of anilines is 1. The molecule has 0 aliphatic heterocycles. The van der Waals surface area contributed by atoms with Crippen LogP contribution in [0.1, 0.15) is 45.1 Å².